The zero-order valence-electron chi connectivity index (χ0n) is 13.9. The molecule has 0 atom stereocenters. The minimum Gasteiger partial charge on any atom is -0.321 e. The van der Waals surface area contributed by atoms with Gasteiger partial charge in [-0.05, 0) is 46.4 Å². The molecule has 0 spiro atoms. The van der Waals surface area contributed by atoms with Crippen molar-refractivity contribution in [2.75, 3.05) is 0 Å². The Kier molecular flexibility index (Phi) is 7.48. The van der Waals surface area contributed by atoms with Gasteiger partial charge in [-0.25, -0.2) is 0 Å². The monoisotopic (exact) mass is 289 g/mol. The first-order valence-corrected chi connectivity index (χ1v) is 9.24. The number of nitrogens with two attached hydrogens (primary N) is 3. The summed E-state index contributed by atoms with van der Waals surface area (Å²) in [4.78, 5) is 0. The highest BCUT2D eigenvalue weighted by Gasteiger charge is 2.51. The van der Waals surface area contributed by atoms with E-state index in [1.54, 1.807) is 0 Å². The van der Waals surface area contributed by atoms with Gasteiger partial charge < -0.3 is 17.2 Å². The summed E-state index contributed by atoms with van der Waals surface area (Å²) in [5, 5.41) is -0.634. The van der Waals surface area contributed by atoms with Crippen LogP contribution in [0.4, 0.5) is 0 Å². The van der Waals surface area contributed by atoms with E-state index in [1.807, 2.05) is 0 Å². The maximum atomic E-state index is 6.78. The van der Waals surface area contributed by atoms with E-state index in [4.69, 9.17) is 17.2 Å². The predicted octanol–water partition coefficient (Wildman–Crippen LogP) is 3.89. The molecule has 19 heavy (non-hydrogen) atoms. The van der Waals surface area contributed by atoms with Gasteiger partial charge in [-0.15, -0.1) is 0 Å². The topological polar surface area (TPSA) is 78.1 Å². The normalized spacial score (nSPS) is 14.2. The van der Waals surface area contributed by atoms with E-state index in [0.717, 1.165) is 38.5 Å². The zero-order chi connectivity index (χ0) is 15.3. The van der Waals surface area contributed by atoms with Gasteiger partial charge in [-0.1, -0.05) is 41.5 Å². The molecule has 0 aromatic heterocycles. The van der Waals surface area contributed by atoms with E-state index in [9.17, 15) is 0 Å². The molecule has 0 heterocycles. The van der Waals surface area contributed by atoms with Crippen LogP contribution >= 0.6 is 7.92 Å². The van der Waals surface area contributed by atoms with Gasteiger partial charge in [0.1, 0.15) is 0 Å². The first-order valence-electron chi connectivity index (χ1n) is 7.90. The van der Waals surface area contributed by atoms with Crippen molar-refractivity contribution in [3.8, 4) is 0 Å². The van der Waals surface area contributed by atoms with Crippen LogP contribution in [0.2, 0.25) is 0 Å². The van der Waals surface area contributed by atoms with Gasteiger partial charge in [0.2, 0.25) is 0 Å². The largest absolute Gasteiger partial charge is 0.321 e. The van der Waals surface area contributed by atoms with Crippen LogP contribution in [-0.4, -0.2) is 15.8 Å². The Labute approximate surface area is 121 Å². The van der Waals surface area contributed by atoms with Gasteiger partial charge in [0.15, 0.2) is 0 Å². The molecule has 0 bridgehead atoms. The van der Waals surface area contributed by atoms with Crippen LogP contribution < -0.4 is 17.2 Å². The lowest BCUT2D eigenvalue weighted by Gasteiger charge is -2.55. The van der Waals surface area contributed by atoms with E-state index in [-0.39, 0.29) is 15.8 Å². The Balaban J connectivity index is 5.88. The van der Waals surface area contributed by atoms with Gasteiger partial charge in [0.25, 0.3) is 0 Å². The molecule has 0 aliphatic heterocycles. The average molecular weight is 289 g/mol. The highest BCUT2D eigenvalue weighted by Crippen LogP contribution is 2.68. The Hall–Kier alpha value is 0.310. The van der Waals surface area contributed by atoms with Crippen molar-refractivity contribution >= 4 is 7.92 Å². The second-order valence-corrected chi connectivity index (χ2v) is 9.11. The summed E-state index contributed by atoms with van der Waals surface area (Å²) in [6.07, 6.45) is 5.71. The standard InChI is InChI=1S/C15H36N3P/c1-7-13(16,8-2)19(14(17,9-3)10-4)15(18,11-5)12-6/h7-12,16-18H2,1-6H3. The fourth-order valence-corrected chi connectivity index (χ4v) is 7.59. The molecule has 116 valence electrons. The van der Waals surface area contributed by atoms with Gasteiger partial charge >= 0.3 is 0 Å². The lowest BCUT2D eigenvalue weighted by atomic mass is 10.1. The average Bonchev–Trinajstić information content (AvgIpc) is 2.46. The number of rotatable bonds is 9. The molecule has 0 unspecified atom stereocenters. The Morgan fingerprint density at radius 2 is 0.684 bits per heavy atom. The summed E-state index contributed by atoms with van der Waals surface area (Å²) in [6.45, 7) is 13.1. The van der Waals surface area contributed by atoms with Gasteiger partial charge in [0, 0.05) is 15.8 Å². The molecule has 0 rings (SSSR count). The van der Waals surface area contributed by atoms with E-state index in [0.29, 0.717) is 0 Å². The fourth-order valence-electron chi connectivity index (χ4n) is 3.03. The van der Waals surface area contributed by atoms with E-state index in [2.05, 4.69) is 41.5 Å². The quantitative estimate of drug-likeness (QED) is 0.563. The van der Waals surface area contributed by atoms with Gasteiger partial charge in [-0.2, -0.15) is 0 Å². The summed E-state index contributed by atoms with van der Waals surface area (Å²) in [5.74, 6) is 0. The highest BCUT2D eigenvalue weighted by atomic mass is 31.1. The van der Waals surface area contributed by atoms with Crippen molar-refractivity contribution in [1.82, 2.24) is 0 Å². The molecule has 0 aromatic rings. The Morgan fingerprint density at radius 1 is 0.526 bits per heavy atom. The maximum absolute atomic E-state index is 6.78. The summed E-state index contributed by atoms with van der Waals surface area (Å²) in [7, 11) is -0.664. The van der Waals surface area contributed by atoms with Crippen LogP contribution in [0.25, 0.3) is 0 Å². The van der Waals surface area contributed by atoms with Crippen molar-refractivity contribution in [1.29, 1.82) is 0 Å². The Morgan fingerprint density at radius 3 is 0.789 bits per heavy atom. The molecule has 0 saturated heterocycles. The minimum absolute atomic E-state index is 0.211. The van der Waals surface area contributed by atoms with Crippen molar-refractivity contribution in [2.45, 2.75) is 95.9 Å². The van der Waals surface area contributed by atoms with Crippen molar-refractivity contribution in [3.05, 3.63) is 0 Å². The second-order valence-electron chi connectivity index (χ2n) is 5.77. The highest BCUT2D eigenvalue weighted by molar-refractivity contribution is 7.62. The first kappa shape index (κ1) is 19.3. The number of hydrogen-bond acceptors (Lipinski definition) is 3. The molecule has 3 nitrogen and oxygen atoms in total. The molecule has 0 saturated carbocycles. The SMILES string of the molecule is CCC(N)(CC)P(C(N)(CC)CC)C(N)(CC)CC. The summed E-state index contributed by atoms with van der Waals surface area (Å²) in [6, 6.07) is 0. The molecule has 0 radical (unpaired) electrons. The van der Waals surface area contributed by atoms with Crippen LogP contribution in [0, 0.1) is 0 Å². The molecule has 0 fully saturated rings. The lowest BCUT2D eigenvalue weighted by Crippen LogP contribution is -2.57. The Bertz CT molecular complexity index is 213. The fraction of sp³-hybridized carbons (Fsp3) is 1.00. The lowest BCUT2D eigenvalue weighted by molar-refractivity contribution is 0.446. The smallest absolute Gasteiger partial charge is 0.0385 e. The van der Waals surface area contributed by atoms with E-state index >= 15 is 0 Å². The third-order valence-corrected chi connectivity index (χ3v) is 9.58. The summed E-state index contributed by atoms with van der Waals surface area (Å²) < 4.78 is 0. The number of hydrogen-bond donors (Lipinski definition) is 3. The molecule has 0 aliphatic rings. The second kappa shape index (κ2) is 7.36. The zero-order valence-corrected chi connectivity index (χ0v) is 14.8. The summed E-state index contributed by atoms with van der Waals surface area (Å²) >= 11 is 0. The maximum Gasteiger partial charge on any atom is 0.0385 e. The van der Waals surface area contributed by atoms with E-state index < -0.39 is 7.92 Å². The van der Waals surface area contributed by atoms with Crippen LogP contribution in [0.3, 0.4) is 0 Å². The van der Waals surface area contributed by atoms with Gasteiger partial charge in [-0.3, -0.25) is 0 Å². The van der Waals surface area contributed by atoms with E-state index in [1.165, 1.54) is 0 Å². The van der Waals surface area contributed by atoms with Crippen LogP contribution in [0.1, 0.15) is 80.1 Å². The van der Waals surface area contributed by atoms with Gasteiger partial charge in [0.05, 0.1) is 0 Å². The predicted molar refractivity (Wildman–Crippen MR) is 89.4 cm³/mol. The molecular weight excluding hydrogens is 253 g/mol. The third-order valence-electron chi connectivity index (χ3n) is 5.01. The summed E-state index contributed by atoms with van der Waals surface area (Å²) in [5.41, 5.74) is 20.4. The van der Waals surface area contributed by atoms with Crippen LogP contribution in [-0.2, 0) is 0 Å². The molecule has 4 heteroatoms. The van der Waals surface area contributed by atoms with Crippen molar-refractivity contribution in [3.63, 3.8) is 0 Å². The molecule has 0 amide bonds. The van der Waals surface area contributed by atoms with Crippen LogP contribution in [0.5, 0.6) is 0 Å². The molecular formula is C15H36N3P. The van der Waals surface area contributed by atoms with Crippen molar-refractivity contribution < 1.29 is 0 Å². The molecule has 0 aromatic carbocycles. The molecule has 0 aliphatic carbocycles. The van der Waals surface area contributed by atoms with Crippen molar-refractivity contribution in [2.24, 2.45) is 17.2 Å². The van der Waals surface area contributed by atoms with Crippen LogP contribution in [0.15, 0.2) is 0 Å². The molecule has 6 N–H and O–H groups in total. The third kappa shape index (κ3) is 3.69. The minimum atomic E-state index is -0.664. The first-order chi connectivity index (χ1) is 8.73.